The second-order valence-electron chi connectivity index (χ2n) is 6.84. The molecule has 5 nitrogen and oxygen atoms in total. The fraction of sp³-hybridized carbons (Fsp3) is 0.368. The summed E-state index contributed by atoms with van der Waals surface area (Å²) in [4.78, 5) is 19.1. The molecule has 1 aliphatic rings. The van der Waals surface area contributed by atoms with Crippen molar-refractivity contribution in [2.45, 2.75) is 32.9 Å². The molecule has 6 heteroatoms. The monoisotopic (exact) mass is 355 g/mol. The van der Waals surface area contributed by atoms with Gasteiger partial charge in [0.15, 0.2) is 0 Å². The Kier molecular flexibility index (Phi) is 4.09. The number of hydrogen-bond donors (Lipinski definition) is 1. The third kappa shape index (κ3) is 3.19. The number of rotatable bonds is 2. The average molecular weight is 355 g/mol. The molecule has 0 bridgehead atoms. The van der Waals surface area contributed by atoms with E-state index in [0.717, 1.165) is 29.9 Å². The Labute approximate surface area is 150 Å². The first-order chi connectivity index (χ1) is 12.0. The molecule has 0 aliphatic carbocycles. The minimum absolute atomic E-state index is 0.332. The maximum Gasteiger partial charge on any atom is 0.346 e. The molecule has 0 spiro atoms. The van der Waals surface area contributed by atoms with Crippen molar-refractivity contribution in [3.05, 3.63) is 45.8 Å². The van der Waals surface area contributed by atoms with Crippen LogP contribution in [-0.4, -0.2) is 30.2 Å². The van der Waals surface area contributed by atoms with E-state index < -0.39 is 0 Å². The molecule has 0 unspecified atom stereocenters. The highest BCUT2D eigenvalue weighted by molar-refractivity contribution is 7.13. The van der Waals surface area contributed by atoms with Gasteiger partial charge in [0.05, 0.1) is 5.56 Å². The van der Waals surface area contributed by atoms with Gasteiger partial charge in [0.2, 0.25) is 0 Å². The molecule has 1 fully saturated rings. The maximum absolute atomic E-state index is 12.4. The molecule has 2 aromatic heterocycles. The Bertz CT molecular complexity index is 968. The Morgan fingerprint density at radius 1 is 1.24 bits per heavy atom. The summed E-state index contributed by atoms with van der Waals surface area (Å²) < 4.78 is 5.61. The van der Waals surface area contributed by atoms with Crippen molar-refractivity contribution in [3.63, 3.8) is 0 Å². The van der Waals surface area contributed by atoms with Crippen LogP contribution in [-0.2, 0) is 0 Å². The van der Waals surface area contributed by atoms with Crippen molar-refractivity contribution in [1.29, 1.82) is 0 Å². The lowest BCUT2D eigenvalue weighted by Gasteiger charge is -2.37. The summed E-state index contributed by atoms with van der Waals surface area (Å²) in [5, 5.41) is 7.10. The van der Waals surface area contributed by atoms with Gasteiger partial charge in [-0.25, -0.2) is 9.78 Å². The zero-order valence-electron chi connectivity index (χ0n) is 14.6. The zero-order chi connectivity index (χ0) is 17.6. The van der Waals surface area contributed by atoms with Gasteiger partial charge < -0.3 is 14.6 Å². The molecular weight excluding hydrogens is 334 g/mol. The summed E-state index contributed by atoms with van der Waals surface area (Å²) in [6.45, 7) is 8.18. The minimum atomic E-state index is -0.332. The van der Waals surface area contributed by atoms with Gasteiger partial charge in [-0.1, -0.05) is 0 Å². The quantitative estimate of drug-likeness (QED) is 0.714. The van der Waals surface area contributed by atoms with Crippen LogP contribution >= 0.6 is 11.3 Å². The molecule has 0 saturated carbocycles. The van der Waals surface area contributed by atoms with Gasteiger partial charge in [0, 0.05) is 53.4 Å². The predicted molar refractivity (Wildman–Crippen MR) is 103 cm³/mol. The van der Waals surface area contributed by atoms with E-state index in [2.05, 4.69) is 35.1 Å². The molecule has 130 valence electrons. The largest absolute Gasteiger partial charge is 0.422 e. The Balaban J connectivity index is 1.73. The Morgan fingerprint density at radius 2 is 2.00 bits per heavy atom. The van der Waals surface area contributed by atoms with Crippen LogP contribution in [0, 0.1) is 6.92 Å². The van der Waals surface area contributed by atoms with Crippen LogP contribution < -0.4 is 15.8 Å². The first-order valence-electron chi connectivity index (χ1n) is 8.51. The summed E-state index contributed by atoms with van der Waals surface area (Å²) in [6.07, 6.45) is 0. The van der Waals surface area contributed by atoms with Crippen LogP contribution in [0.1, 0.15) is 19.5 Å². The second kappa shape index (κ2) is 6.28. The molecule has 1 aromatic carbocycles. The van der Waals surface area contributed by atoms with Crippen molar-refractivity contribution in [1.82, 2.24) is 10.3 Å². The number of piperazine rings is 1. The molecule has 1 saturated heterocycles. The highest BCUT2D eigenvalue weighted by Crippen LogP contribution is 2.27. The summed E-state index contributed by atoms with van der Waals surface area (Å²) in [5.41, 5.74) is 2.83. The van der Waals surface area contributed by atoms with Gasteiger partial charge in [-0.2, -0.15) is 0 Å². The van der Waals surface area contributed by atoms with Gasteiger partial charge in [0.25, 0.3) is 0 Å². The molecule has 1 N–H and O–H groups in total. The van der Waals surface area contributed by atoms with E-state index in [9.17, 15) is 4.79 Å². The summed E-state index contributed by atoms with van der Waals surface area (Å²) in [5.74, 6) is 0. The van der Waals surface area contributed by atoms with Gasteiger partial charge in [0.1, 0.15) is 10.6 Å². The normalized spacial score (nSPS) is 21.0. The summed E-state index contributed by atoms with van der Waals surface area (Å²) >= 11 is 1.47. The van der Waals surface area contributed by atoms with Crippen molar-refractivity contribution >= 4 is 28.0 Å². The lowest BCUT2D eigenvalue weighted by molar-refractivity contribution is 0.407. The molecule has 1 aliphatic heterocycles. The van der Waals surface area contributed by atoms with Crippen LogP contribution in [0.25, 0.3) is 21.5 Å². The number of anilines is 1. The van der Waals surface area contributed by atoms with E-state index in [1.165, 1.54) is 11.3 Å². The summed E-state index contributed by atoms with van der Waals surface area (Å²) in [6, 6.07) is 8.84. The van der Waals surface area contributed by atoms with Gasteiger partial charge in [-0.05, 0) is 39.0 Å². The molecule has 3 aromatic rings. The van der Waals surface area contributed by atoms with E-state index in [4.69, 9.17) is 4.42 Å². The van der Waals surface area contributed by atoms with E-state index in [1.807, 2.05) is 30.5 Å². The van der Waals surface area contributed by atoms with Crippen LogP contribution in [0.3, 0.4) is 0 Å². The molecule has 3 heterocycles. The smallest absolute Gasteiger partial charge is 0.346 e. The number of nitrogens with one attached hydrogen (secondary N) is 1. The fourth-order valence-electron chi connectivity index (χ4n) is 3.46. The molecule has 2 atom stereocenters. The number of fused-ring (bicyclic) bond motifs is 1. The molecule has 0 amide bonds. The first kappa shape index (κ1) is 16.3. The topological polar surface area (TPSA) is 58.4 Å². The number of hydrogen-bond acceptors (Lipinski definition) is 6. The number of nitrogens with zero attached hydrogens (tertiary/aromatic N) is 2. The third-order valence-corrected chi connectivity index (χ3v) is 5.49. The Morgan fingerprint density at radius 3 is 2.68 bits per heavy atom. The average Bonchev–Trinajstić information content (AvgIpc) is 2.99. The van der Waals surface area contributed by atoms with E-state index >= 15 is 0 Å². The maximum atomic E-state index is 12.4. The second-order valence-corrected chi connectivity index (χ2v) is 7.70. The van der Waals surface area contributed by atoms with Crippen LogP contribution in [0.5, 0.6) is 0 Å². The number of thiazole rings is 1. The standard InChI is InChI=1S/C19H21N3O2S/c1-11-8-22(9-12(2)20-11)15-5-4-14-6-16(18-21-13(3)10-25-18)19(23)24-17(14)7-15/h4-7,10-12,20H,8-9H2,1-3H3/t11-,12+. The number of benzene rings is 1. The van der Waals surface area contributed by atoms with Gasteiger partial charge >= 0.3 is 5.63 Å². The summed E-state index contributed by atoms with van der Waals surface area (Å²) in [7, 11) is 0. The molecule has 0 radical (unpaired) electrons. The highest BCUT2D eigenvalue weighted by atomic mass is 32.1. The third-order valence-electron chi connectivity index (χ3n) is 4.49. The SMILES string of the molecule is Cc1csc(-c2cc3ccc(N4C[C@@H](C)N[C@@H](C)C4)cc3oc2=O)n1. The number of aromatic nitrogens is 1. The van der Waals surface area contributed by atoms with E-state index in [1.54, 1.807) is 0 Å². The van der Waals surface area contributed by atoms with E-state index in [-0.39, 0.29) is 5.63 Å². The fourth-order valence-corrected chi connectivity index (χ4v) is 4.26. The van der Waals surface area contributed by atoms with Gasteiger partial charge in [-0.3, -0.25) is 0 Å². The molecule has 4 rings (SSSR count). The van der Waals surface area contributed by atoms with Gasteiger partial charge in [-0.15, -0.1) is 11.3 Å². The number of aryl methyl sites for hydroxylation is 1. The van der Waals surface area contributed by atoms with Crippen molar-refractivity contribution < 1.29 is 4.42 Å². The first-order valence-corrected chi connectivity index (χ1v) is 9.39. The predicted octanol–water partition coefficient (Wildman–Crippen LogP) is 3.41. The minimum Gasteiger partial charge on any atom is -0.422 e. The lowest BCUT2D eigenvalue weighted by atomic mass is 10.1. The molecule has 25 heavy (non-hydrogen) atoms. The van der Waals surface area contributed by atoms with Crippen molar-refractivity contribution in [3.8, 4) is 10.6 Å². The van der Waals surface area contributed by atoms with Crippen LogP contribution in [0.15, 0.2) is 38.9 Å². The lowest BCUT2D eigenvalue weighted by Crippen LogP contribution is -2.54. The van der Waals surface area contributed by atoms with Crippen molar-refractivity contribution in [2.75, 3.05) is 18.0 Å². The molecular formula is C19H21N3O2S. The zero-order valence-corrected chi connectivity index (χ0v) is 15.4. The van der Waals surface area contributed by atoms with E-state index in [0.29, 0.717) is 28.2 Å². The van der Waals surface area contributed by atoms with Crippen LogP contribution in [0.4, 0.5) is 5.69 Å². The van der Waals surface area contributed by atoms with Crippen molar-refractivity contribution in [2.24, 2.45) is 0 Å². The highest BCUT2D eigenvalue weighted by Gasteiger charge is 2.21. The Hall–Kier alpha value is -2.18. The van der Waals surface area contributed by atoms with Crippen LogP contribution in [0.2, 0.25) is 0 Å².